The summed E-state index contributed by atoms with van der Waals surface area (Å²) in [5.41, 5.74) is 3.51. The van der Waals surface area contributed by atoms with Crippen LogP contribution >= 0.6 is 46.0 Å². The van der Waals surface area contributed by atoms with Crippen LogP contribution in [0.5, 0.6) is 5.75 Å². The SMILES string of the molecule is O=C(O)COc1ccc(SC/C=C(/c2ccccc2)c2cccc(I)c2)c(Cl)c1. The lowest BCUT2D eigenvalue weighted by atomic mass is 9.98. The number of carboxylic acids is 1. The van der Waals surface area contributed by atoms with Crippen molar-refractivity contribution >= 4 is 57.5 Å². The molecule has 0 aliphatic carbocycles. The van der Waals surface area contributed by atoms with Crippen molar-refractivity contribution in [3.8, 4) is 5.75 Å². The van der Waals surface area contributed by atoms with E-state index in [0.717, 1.165) is 10.6 Å². The van der Waals surface area contributed by atoms with Gasteiger partial charge in [0.15, 0.2) is 6.61 Å². The van der Waals surface area contributed by atoms with Crippen LogP contribution in [0.15, 0.2) is 83.8 Å². The van der Waals surface area contributed by atoms with Crippen molar-refractivity contribution in [1.82, 2.24) is 0 Å². The molecular formula is C23H18ClIO3S. The van der Waals surface area contributed by atoms with Crippen molar-refractivity contribution in [1.29, 1.82) is 0 Å². The molecule has 0 unspecified atom stereocenters. The monoisotopic (exact) mass is 536 g/mol. The fourth-order valence-corrected chi connectivity index (χ4v) is 4.39. The molecule has 3 nitrogen and oxygen atoms in total. The maximum Gasteiger partial charge on any atom is 0.341 e. The molecule has 1 N–H and O–H groups in total. The van der Waals surface area contributed by atoms with Crippen molar-refractivity contribution in [3.05, 3.63) is 98.6 Å². The third-order valence-corrected chi connectivity index (χ3v) is 6.11. The summed E-state index contributed by atoms with van der Waals surface area (Å²) >= 11 is 10.3. The molecule has 0 heterocycles. The molecular weight excluding hydrogens is 519 g/mol. The first-order valence-electron chi connectivity index (χ1n) is 8.81. The van der Waals surface area contributed by atoms with E-state index < -0.39 is 5.97 Å². The lowest BCUT2D eigenvalue weighted by molar-refractivity contribution is -0.139. The summed E-state index contributed by atoms with van der Waals surface area (Å²) < 4.78 is 6.36. The summed E-state index contributed by atoms with van der Waals surface area (Å²) in [6, 6.07) is 24.0. The number of thioether (sulfide) groups is 1. The highest BCUT2D eigenvalue weighted by atomic mass is 127. The van der Waals surface area contributed by atoms with Crippen molar-refractivity contribution < 1.29 is 14.6 Å². The molecule has 6 heteroatoms. The van der Waals surface area contributed by atoms with Gasteiger partial charge in [0.2, 0.25) is 0 Å². The molecule has 0 aliphatic heterocycles. The largest absolute Gasteiger partial charge is 0.482 e. The van der Waals surface area contributed by atoms with Crippen molar-refractivity contribution in [2.24, 2.45) is 0 Å². The fraction of sp³-hybridized carbons (Fsp3) is 0.0870. The minimum absolute atomic E-state index is 0.387. The van der Waals surface area contributed by atoms with Crippen LogP contribution in [0.1, 0.15) is 11.1 Å². The minimum Gasteiger partial charge on any atom is -0.482 e. The third kappa shape index (κ3) is 6.52. The maximum atomic E-state index is 10.6. The summed E-state index contributed by atoms with van der Waals surface area (Å²) in [5, 5.41) is 9.25. The van der Waals surface area contributed by atoms with E-state index in [1.807, 2.05) is 24.3 Å². The Hall–Kier alpha value is -1.96. The Bertz CT molecular complexity index is 1020. The number of hydrogen-bond donors (Lipinski definition) is 1. The van der Waals surface area contributed by atoms with E-state index in [2.05, 4.69) is 65.1 Å². The topological polar surface area (TPSA) is 46.5 Å². The Balaban J connectivity index is 1.77. The van der Waals surface area contributed by atoms with E-state index in [0.29, 0.717) is 10.8 Å². The molecule has 0 radical (unpaired) electrons. The lowest BCUT2D eigenvalue weighted by Crippen LogP contribution is -2.09. The van der Waals surface area contributed by atoms with Crippen molar-refractivity contribution in [3.63, 3.8) is 0 Å². The van der Waals surface area contributed by atoms with Gasteiger partial charge in [-0.3, -0.25) is 0 Å². The Labute approximate surface area is 192 Å². The Morgan fingerprint density at radius 3 is 2.48 bits per heavy atom. The second-order valence-electron chi connectivity index (χ2n) is 6.08. The Morgan fingerprint density at radius 1 is 1.03 bits per heavy atom. The highest BCUT2D eigenvalue weighted by Gasteiger charge is 2.08. The number of carbonyl (C=O) groups is 1. The van der Waals surface area contributed by atoms with Crippen LogP contribution in [0.2, 0.25) is 5.02 Å². The first-order chi connectivity index (χ1) is 14.0. The highest BCUT2D eigenvalue weighted by Crippen LogP contribution is 2.32. The Kier molecular flexibility index (Phi) is 8.03. The van der Waals surface area contributed by atoms with Crippen LogP contribution in [0.4, 0.5) is 0 Å². The van der Waals surface area contributed by atoms with Gasteiger partial charge in [0.25, 0.3) is 0 Å². The van der Waals surface area contributed by atoms with E-state index in [1.54, 1.807) is 23.9 Å². The van der Waals surface area contributed by atoms with E-state index in [4.69, 9.17) is 21.4 Å². The van der Waals surface area contributed by atoms with Gasteiger partial charge in [-0.2, -0.15) is 0 Å². The van der Waals surface area contributed by atoms with Crippen LogP contribution < -0.4 is 4.74 Å². The van der Waals surface area contributed by atoms with E-state index >= 15 is 0 Å². The molecule has 3 rings (SSSR count). The van der Waals surface area contributed by atoms with Gasteiger partial charge in [0, 0.05) is 14.2 Å². The normalized spacial score (nSPS) is 11.3. The number of halogens is 2. The number of aliphatic carboxylic acids is 1. The molecule has 29 heavy (non-hydrogen) atoms. The molecule has 0 aromatic heterocycles. The van der Waals surface area contributed by atoms with Gasteiger partial charge in [0.05, 0.1) is 5.02 Å². The van der Waals surface area contributed by atoms with Gasteiger partial charge in [-0.05, 0) is 69.6 Å². The highest BCUT2D eigenvalue weighted by molar-refractivity contribution is 14.1. The second kappa shape index (κ2) is 10.7. The molecule has 3 aromatic carbocycles. The zero-order valence-electron chi connectivity index (χ0n) is 15.3. The van der Waals surface area contributed by atoms with Gasteiger partial charge in [-0.1, -0.05) is 60.1 Å². The maximum absolute atomic E-state index is 10.6. The van der Waals surface area contributed by atoms with Gasteiger partial charge in [-0.15, -0.1) is 11.8 Å². The quantitative estimate of drug-likeness (QED) is 0.259. The van der Waals surface area contributed by atoms with Crippen molar-refractivity contribution in [2.45, 2.75) is 4.90 Å². The zero-order chi connectivity index (χ0) is 20.6. The molecule has 148 valence electrons. The molecule has 3 aromatic rings. The predicted octanol–water partition coefficient (Wildman–Crippen LogP) is 6.63. The summed E-state index contributed by atoms with van der Waals surface area (Å²) in [6.07, 6.45) is 2.20. The van der Waals surface area contributed by atoms with Crippen molar-refractivity contribution in [2.75, 3.05) is 12.4 Å². The fourth-order valence-electron chi connectivity index (χ4n) is 2.72. The molecule has 0 saturated heterocycles. The minimum atomic E-state index is -1.02. The third-order valence-electron chi connectivity index (χ3n) is 4.01. The second-order valence-corrected chi connectivity index (χ2v) is 8.79. The lowest BCUT2D eigenvalue weighted by Gasteiger charge is -2.10. The molecule has 0 atom stereocenters. The number of carboxylic acid groups (broad SMARTS) is 1. The Morgan fingerprint density at radius 2 is 1.79 bits per heavy atom. The molecule has 0 saturated carbocycles. The van der Waals surface area contributed by atoms with Crippen LogP contribution in [0.3, 0.4) is 0 Å². The average molecular weight is 537 g/mol. The standard InChI is InChI=1S/C23H18ClIO3S/c24-21-14-19(28-15-23(26)27)9-10-22(21)29-12-11-20(16-5-2-1-3-6-16)17-7-4-8-18(25)13-17/h1-11,13-14H,12,15H2,(H,26,27)/b20-11-. The molecule has 0 aliphatic rings. The molecule has 0 bridgehead atoms. The number of hydrogen-bond acceptors (Lipinski definition) is 3. The van der Waals surface area contributed by atoms with E-state index in [1.165, 1.54) is 20.3 Å². The van der Waals surface area contributed by atoms with Gasteiger partial charge in [0.1, 0.15) is 5.75 Å². The molecule has 0 spiro atoms. The van der Waals surface area contributed by atoms with Crippen LogP contribution in [-0.4, -0.2) is 23.4 Å². The first-order valence-corrected chi connectivity index (χ1v) is 11.3. The predicted molar refractivity (Wildman–Crippen MR) is 128 cm³/mol. The van der Waals surface area contributed by atoms with E-state index in [-0.39, 0.29) is 6.61 Å². The summed E-state index contributed by atoms with van der Waals surface area (Å²) in [6.45, 7) is -0.387. The first kappa shape index (κ1) is 21.7. The number of ether oxygens (including phenoxy) is 1. The summed E-state index contributed by atoms with van der Waals surface area (Å²) in [5.74, 6) is 0.167. The van der Waals surface area contributed by atoms with Gasteiger partial charge in [-0.25, -0.2) is 4.79 Å². The molecule has 0 amide bonds. The van der Waals surface area contributed by atoms with Gasteiger partial charge < -0.3 is 9.84 Å². The van der Waals surface area contributed by atoms with E-state index in [9.17, 15) is 4.79 Å². The number of benzene rings is 3. The smallest absolute Gasteiger partial charge is 0.341 e. The summed E-state index contributed by atoms with van der Waals surface area (Å²) in [4.78, 5) is 11.5. The average Bonchev–Trinajstić information content (AvgIpc) is 2.71. The van der Waals surface area contributed by atoms with Crippen LogP contribution in [0, 0.1) is 3.57 Å². The van der Waals surface area contributed by atoms with Crippen LogP contribution in [-0.2, 0) is 4.79 Å². The zero-order valence-corrected chi connectivity index (χ0v) is 19.1. The van der Waals surface area contributed by atoms with Crippen LogP contribution in [0.25, 0.3) is 5.57 Å². The number of rotatable bonds is 8. The summed E-state index contributed by atoms with van der Waals surface area (Å²) in [7, 11) is 0. The van der Waals surface area contributed by atoms with Gasteiger partial charge >= 0.3 is 5.97 Å². The molecule has 0 fully saturated rings.